The van der Waals surface area contributed by atoms with E-state index in [1.165, 1.54) is 36.0 Å². The first-order valence-corrected chi connectivity index (χ1v) is 12.6. The Morgan fingerprint density at radius 3 is 2.51 bits per heavy atom. The van der Waals surface area contributed by atoms with Crippen molar-refractivity contribution in [3.63, 3.8) is 0 Å². The smallest absolute Gasteiger partial charge is 0.338 e. The molecule has 0 spiro atoms. The average molecular weight is 503 g/mol. The van der Waals surface area contributed by atoms with Crippen molar-refractivity contribution in [3.8, 4) is 0 Å². The second-order valence-corrected chi connectivity index (χ2v) is 9.64. The Morgan fingerprint density at radius 2 is 1.89 bits per heavy atom. The molecule has 8 heteroatoms. The van der Waals surface area contributed by atoms with E-state index in [0.717, 1.165) is 17.5 Å². The molecular weight excluding hydrogens is 470 g/mol. The Hall–Kier alpha value is -2.68. The first-order chi connectivity index (χ1) is 16.8. The molecule has 1 N–H and O–H groups in total. The maximum Gasteiger partial charge on any atom is 0.338 e. The zero-order chi connectivity index (χ0) is 25.4. The Bertz CT molecular complexity index is 1070. The maximum atomic E-state index is 14.0. The lowest BCUT2D eigenvalue weighted by atomic mass is 10.0. The highest BCUT2D eigenvalue weighted by Crippen LogP contribution is 2.37. The molecule has 35 heavy (non-hydrogen) atoms. The van der Waals surface area contributed by atoms with Gasteiger partial charge < -0.3 is 14.7 Å². The number of ether oxygens (including phenoxy) is 1. The number of carboxylic acids is 1. The van der Waals surface area contributed by atoms with Crippen molar-refractivity contribution < 1.29 is 23.4 Å². The minimum absolute atomic E-state index is 0.267. The summed E-state index contributed by atoms with van der Waals surface area (Å²) < 4.78 is 32.8. The van der Waals surface area contributed by atoms with Gasteiger partial charge in [0.05, 0.1) is 10.6 Å². The largest absolute Gasteiger partial charge is 0.478 e. The van der Waals surface area contributed by atoms with Gasteiger partial charge in [-0.2, -0.15) is 0 Å². The summed E-state index contributed by atoms with van der Waals surface area (Å²) in [7, 11) is 1.66. The van der Waals surface area contributed by atoms with E-state index >= 15 is 0 Å². The highest BCUT2D eigenvalue weighted by molar-refractivity contribution is 8.03. The number of halogens is 2. The standard InChI is InChI=1S/C27H32F2N2O3S/c1-4-35-26-25(27(32)33)19(2)15-24(31(26)18-21-7-5-8-23(29)16-21)30(13-6-14-34-3)17-20-9-11-22(28)12-10-20/h5,7-12,15-16,24H,4,6,13-14,17-18H2,1-3H3,(H,32,33). The number of carbonyl (C=O) groups is 1. The molecule has 2 aromatic rings. The molecule has 3 rings (SSSR count). The third-order valence-electron chi connectivity index (χ3n) is 5.79. The van der Waals surface area contributed by atoms with E-state index in [1.807, 2.05) is 30.9 Å². The lowest BCUT2D eigenvalue weighted by Crippen LogP contribution is -2.48. The van der Waals surface area contributed by atoms with Crippen LogP contribution in [0.5, 0.6) is 0 Å². The van der Waals surface area contributed by atoms with Crippen LogP contribution in [0, 0.1) is 11.6 Å². The summed E-state index contributed by atoms with van der Waals surface area (Å²) in [4.78, 5) is 16.5. The summed E-state index contributed by atoms with van der Waals surface area (Å²) in [5.41, 5.74) is 2.65. The van der Waals surface area contributed by atoms with Gasteiger partial charge in [0.15, 0.2) is 0 Å². The molecule has 0 saturated carbocycles. The maximum absolute atomic E-state index is 14.0. The van der Waals surface area contributed by atoms with Gasteiger partial charge >= 0.3 is 5.97 Å². The first-order valence-electron chi connectivity index (χ1n) is 11.6. The van der Waals surface area contributed by atoms with Crippen molar-refractivity contribution in [1.82, 2.24) is 9.80 Å². The summed E-state index contributed by atoms with van der Waals surface area (Å²) >= 11 is 1.47. The number of nitrogens with zero attached hydrogens (tertiary/aromatic N) is 2. The number of thioether (sulfide) groups is 1. The minimum Gasteiger partial charge on any atom is -0.478 e. The van der Waals surface area contributed by atoms with Gasteiger partial charge in [-0.3, -0.25) is 4.90 Å². The van der Waals surface area contributed by atoms with Crippen LogP contribution in [-0.4, -0.2) is 53.1 Å². The number of carboxylic acid groups (broad SMARTS) is 1. The summed E-state index contributed by atoms with van der Waals surface area (Å²) in [5, 5.41) is 10.7. The van der Waals surface area contributed by atoms with Gasteiger partial charge in [0.2, 0.25) is 0 Å². The molecule has 0 aromatic heterocycles. The molecule has 1 atom stereocenters. The van der Waals surface area contributed by atoms with Gasteiger partial charge in [-0.15, -0.1) is 11.8 Å². The molecule has 2 aromatic carbocycles. The van der Waals surface area contributed by atoms with Gasteiger partial charge in [0.1, 0.15) is 17.8 Å². The molecule has 1 heterocycles. The fourth-order valence-corrected chi connectivity index (χ4v) is 5.23. The zero-order valence-corrected chi connectivity index (χ0v) is 21.2. The number of hydrogen-bond acceptors (Lipinski definition) is 5. The van der Waals surface area contributed by atoms with Crippen molar-refractivity contribution in [2.45, 2.75) is 39.5 Å². The molecule has 0 saturated heterocycles. The van der Waals surface area contributed by atoms with Crippen molar-refractivity contribution in [2.75, 3.05) is 26.0 Å². The third kappa shape index (κ3) is 7.16. The molecular formula is C27H32F2N2O3S. The van der Waals surface area contributed by atoms with Crippen LogP contribution in [0.3, 0.4) is 0 Å². The van der Waals surface area contributed by atoms with E-state index in [-0.39, 0.29) is 23.4 Å². The van der Waals surface area contributed by atoms with Crippen LogP contribution in [0.1, 0.15) is 31.4 Å². The normalized spacial score (nSPS) is 16.1. The Balaban J connectivity index is 2.05. The molecule has 0 amide bonds. The topological polar surface area (TPSA) is 53.0 Å². The predicted octanol–water partition coefficient (Wildman–Crippen LogP) is 5.64. The van der Waals surface area contributed by atoms with Crippen molar-refractivity contribution in [1.29, 1.82) is 0 Å². The Morgan fingerprint density at radius 1 is 1.14 bits per heavy atom. The van der Waals surface area contributed by atoms with Gasteiger partial charge in [-0.1, -0.05) is 31.2 Å². The number of rotatable bonds is 12. The van der Waals surface area contributed by atoms with Crippen LogP contribution in [0.25, 0.3) is 0 Å². The quantitative estimate of drug-likeness (QED) is 0.379. The molecule has 1 aliphatic rings. The van der Waals surface area contributed by atoms with Gasteiger partial charge in [0.25, 0.3) is 0 Å². The Labute approximate surface area is 210 Å². The van der Waals surface area contributed by atoms with Crippen LogP contribution in [0.4, 0.5) is 8.78 Å². The van der Waals surface area contributed by atoms with Gasteiger partial charge in [0, 0.05) is 33.4 Å². The van der Waals surface area contributed by atoms with Crippen molar-refractivity contribution >= 4 is 17.7 Å². The second kappa shape index (κ2) is 12.9. The van der Waals surface area contributed by atoms with Crippen LogP contribution in [0.2, 0.25) is 0 Å². The fourth-order valence-electron chi connectivity index (χ4n) is 4.22. The number of hydrogen-bond donors (Lipinski definition) is 1. The van der Waals surface area contributed by atoms with Gasteiger partial charge in [-0.05, 0) is 66.1 Å². The van der Waals surface area contributed by atoms with Crippen molar-refractivity contribution in [3.05, 3.63) is 93.5 Å². The molecule has 0 radical (unpaired) electrons. The van der Waals surface area contributed by atoms with Crippen LogP contribution < -0.4 is 0 Å². The zero-order valence-electron chi connectivity index (χ0n) is 20.3. The van der Waals surface area contributed by atoms with E-state index in [0.29, 0.717) is 42.6 Å². The predicted molar refractivity (Wildman–Crippen MR) is 136 cm³/mol. The van der Waals surface area contributed by atoms with Crippen LogP contribution in [0.15, 0.2) is 70.8 Å². The van der Waals surface area contributed by atoms with Gasteiger partial charge in [-0.25, -0.2) is 13.6 Å². The minimum atomic E-state index is -0.984. The molecule has 0 fully saturated rings. The fraction of sp³-hybridized carbons (Fsp3) is 0.370. The second-order valence-electron chi connectivity index (χ2n) is 8.38. The first kappa shape index (κ1) is 26.9. The number of benzene rings is 2. The molecule has 1 unspecified atom stereocenters. The van der Waals surface area contributed by atoms with Crippen molar-refractivity contribution in [2.24, 2.45) is 0 Å². The highest BCUT2D eigenvalue weighted by atomic mass is 32.2. The number of aliphatic carboxylic acids is 1. The molecule has 0 aliphatic carbocycles. The SMILES string of the molecule is CCSC1=C(C(=O)O)C(C)=CC(N(CCCOC)Cc2ccc(F)cc2)N1Cc1cccc(F)c1. The highest BCUT2D eigenvalue weighted by Gasteiger charge is 2.34. The monoisotopic (exact) mass is 502 g/mol. The Kier molecular flexibility index (Phi) is 9.89. The summed E-state index contributed by atoms with van der Waals surface area (Å²) in [5.74, 6) is -0.926. The van der Waals surface area contributed by atoms with E-state index < -0.39 is 5.97 Å². The average Bonchev–Trinajstić information content (AvgIpc) is 2.81. The van der Waals surface area contributed by atoms with E-state index in [4.69, 9.17) is 4.74 Å². The third-order valence-corrected chi connectivity index (χ3v) is 6.79. The summed E-state index contributed by atoms with van der Waals surface area (Å²) in [6.45, 7) is 5.92. The summed E-state index contributed by atoms with van der Waals surface area (Å²) in [6, 6.07) is 12.8. The molecule has 1 aliphatic heterocycles. The van der Waals surface area contributed by atoms with Crippen LogP contribution >= 0.6 is 11.8 Å². The number of methoxy groups -OCH3 is 1. The lowest BCUT2D eigenvalue weighted by Gasteiger charge is -2.43. The molecule has 0 bridgehead atoms. The van der Waals surface area contributed by atoms with E-state index in [1.54, 1.807) is 25.3 Å². The van der Waals surface area contributed by atoms with E-state index in [9.17, 15) is 18.7 Å². The lowest BCUT2D eigenvalue weighted by molar-refractivity contribution is -0.132. The van der Waals surface area contributed by atoms with Crippen LogP contribution in [-0.2, 0) is 22.6 Å². The molecule has 188 valence electrons. The molecule has 5 nitrogen and oxygen atoms in total. The van der Waals surface area contributed by atoms with E-state index in [2.05, 4.69) is 4.90 Å². The summed E-state index contributed by atoms with van der Waals surface area (Å²) in [6.07, 6.45) is 2.44.